The number of fused-ring (bicyclic) bond motifs is 1. The summed E-state index contributed by atoms with van der Waals surface area (Å²) in [6.07, 6.45) is 2.98. The Balaban J connectivity index is 1.79. The Morgan fingerprint density at radius 2 is 1.85 bits per heavy atom. The van der Waals surface area contributed by atoms with Crippen molar-refractivity contribution < 1.29 is 14.3 Å². The number of nitrogens with one attached hydrogen (secondary N) is 1. The van der Waals surface area contributed by atoms with Crippen molar-refractivity contribution in [1.29, 1.82) is 0 Å². The Bertz CT molecular complexity index is 916. The highest BCUT2D eigenvalue weighted by Crippen LogP contribution is 2.27. The van der Waals surface area contributed by atoms with Gasteiger partial charge >= 0.3 is 0 Å². The summed E-state index contributed by atoms with van der Waals surface area (Å²) in [5.74, 6) is 1.05. The molecule has 0 bridgehead atoms. The topological polar surface area (TPSA) is 61.9 Å². The summed E-state index contributed by atoms with van der Waals surface area (Å²) in [7, 11) is 2.17. The highest BCUT2D eigenvalue weighted by molar-refractivity contribution is 5.83. The first-order valence-electron chi connectivity index (χ1n) is 11.9. The molecule has 2 amide bonds. The number of aryl methyl sites for hydroxylation is 1. The highest BCUT2D eigenvalue weighted by Gasteiger charge is 2.18. The minimum absolute atomic E-state index is 0.0258. The predicted octanol–water partition coefficient (Wildman–Crippen LogP) is 3.74. The van der Waals surface area contributed by atoms with E-state index in [2.05, 4.69) is 66.7 Å². The van der Waals surface area contributed by atoms with E-state index in [-0.39, 0.29) is 18.4 Å². The second kappa shape index (κ2) is 12.4. The first-order valence-corrected chi connectivity index (χ1v) is 11.9. The molecule has 2 aromatic carbocycles. The van der Waals surface area contributed by atoms with E-state index in [0.717, 1.165) is 38.1 Å². The lowest BCUT2D eigenvalue weighted by atomic mass is 9.91. The van der Waals surface area contributed by atoms with Crippen molar-refractivity contribution >= 4 is 11.8 Å². The van der Waals surface area contributed by atoms with Gasteiger partial charge in [-0.2, -0.15) is 0 Å². The number of benzene rings is 2. The van der Waals surface area contributed by atoms with Crippen molar-refractivity contribution in [2.24, 2.45) is 0 Å². The lowest BCUT2D eigenvalue weighted by Gasteiger charge is -2.27. The van der Waals surface area contributed by atoms with E-state index in [1.807, 2.05) is 11.0 Å². The van der Waals surface area contributed by atoms with Crippen LogP contribution in [0.2, 0.25) is 0 Å². The molecule has 0 spiro atoms. The summed E-state index contributed by atoms with van der Waals surface area (Å²) < 4.78 is 6.12. The third-order valence-corrected chi connectivity index (χ3v) is 6.23. The lowest BCUT2D eigenvalue weighted by molar-refractivity contribution is -0.132. The molecule has 1 aliphatic heterocycles. The zero-order valence-electron chi connectivity index (χ0n) is 20.2. The second-order valence-electron chi connectivity index (χ2n) is 9.03. The molecule has 0 saturated heterocycles. The van der Waals surface area contributed by atoms with Gasteiger partial charge in [-0.05, 0) is 57.3 Å². The third kappa shape index (κ3) is 7.90. The van der Waals surface area contributed by atoms with Crippen LogP contribution < -0.4 is 10.1 Å². The van der Waals surface area contributed by atoms with Gasteiger partial charge in [-0.25, -0.2) is 0 Å². The predicted molar refractivity (Wildman–Crippen MR) is 131 cm³/mol. The Kier molecular flexibility index (Phi) is 9.31. The Labute approximate surface area is 197 Å². The molecular formula is C27H37N3O3. The van der Waals surface area contributed by atoms with Gasteiger partial charge in [0.25, 0.3) is 0 Å². The minimum atomic E-state index is -0.195. The van der Waals surface area contributed by atoms with Crippen LogP contribution >= 0.6 is 0 Å². The molecular weight excluding hydrogens is 414 g/mol. The average Bonchev–Trinajstić information content (AvgIpc) is 2.80. The molecule has 1 atom stereocenters. The standard InChI is InChI=1S/C27H37N3O3/c1-21-11-12-26-25(18-21)20-29(3)15-13-24(23-8-5-4-6-9-23)10-7-14-30(16-17-33-26)27(32)19-28-22(2)31/h4-6,8-9,11-12,18,24H,7,10,13-17,19-20H2,1-3H3,(H,28,31). The average molecular weight is 452 g/mol. The summed E-state index contributed by atoms with van der Waals surface area (Å²) in [5, 5.41) is 2.63. The van der Waals surface area contributed by atoms with Gasteiger partial charge in [-0.1, -0.05) is 48.0 Å². The fourth-order valence-electron chi connectivity index (χ4n) is 4.39. The fourth-order valence-corrected chi connectivity index (χ4v) is 4.39. The third-order valence-electron chi connectivity index (χ3n) is 6.23. The molecule has 0 aromatic heterocycles. The van der Waals surface area contributed by atoms with Crippen LogP contribution in [0.15, 0.2) is 48.5 Å². The zero-order valence-corrected chi connectivity index (χ0v) is 20.2. The first kappa shape index (κ1) is 24.8. The number of ether oxygens (including phenoxy) is 1. The Morgan fingerprint density at radius 3 is 2.61 bits per heavy atom. The smallest absolute Gasteiger partial charge is 0.242 e. The van der Waals surface area contributed by atoms with Crippen molar-refractivity contribution in [2.75, 3.05) is 39.8 Å². The zero-order chi connectivity index (χ0) is 23.6. The number of nitrogens with zero attached hydrogens (tertiary/aromatic N) is 2. The minimum Gasteiger partial charge on any atom is -0.491 e. The molecule has 0 fully saturated rings. The molecule has 1 aliphatic rings. The van der Waals surface area contributed by atoms with E-state index in [0.29, 0.717) is 25.6 Å². The second-order valence-corrected chi connectivity index (χ2v) is 9.03. The maximum atomic E-state index is 12.8. The van der Waals surface area contributed by atoms with Crippen LogP contribution in [0.4, 0.5) is 0 Å². The summed E-state index contributed by atoms with van der Waals surface area (Å²) in [6.45, 7) is 6.94. The molecule has 0 aliphatic carbocycles. The summed E-state index contributed by atoms with van der Waals surface area (Å²) >= 11 is 0. The van der Waals surface area contributed by atoms with E-state index in [1.54, 1.807) is 0 Å². The monoisotopic (exact) mass is 451 g/mol. The molecule has 2 aromatic rings. The first-order chi connectivity index (χ1) is 15.9. The van der Waals surface area contributed by atoms with E-state index in [1.165, 1.54) is 23.6 Å². The number of hydrogen-bond acceptors (Lipinski definition) is 4. The lowest BCUT2D eigenvalue weighted by Crippen LogP contribution is -2.42. The molecule has 3 rings (SSSR count). The van der Waals surface area contributed by atoms with Crippen LogP contribution in [0, 0.1) is 6.92 Å². The van der Waals surface area contributed by atoms with Crippen molar-refractivity contribution in [2.45, 2.75) is 45.6 Å². The summed E-state index contributed by atoms with van der Waals surface area (Å²) in [5.41, 5.74) is 3.73. The molecule has 1 N–H and O–H groups in total. The molecule has 0 radical (unpaired) electrons. The number of carbonyl (C=O) groups excluding carboxylic acids is 2. The number of hydrogen-bond donors (Lipinski definition) is 1. The molecule has 6 heteroatoms. The highest BCUT2D eigenvalue weighted by atomic mass is 16.5. The van der Waals surface area contributed by atoms with Crippen LogP contribution in [0.5, 0.6) is 5.75 Å². The van der Waals surface area contributed by atoms with Gasteiger partial charge in [-0.15, -0.1) is 0 Å². The number of rotatable bonds is 3. The number of amides is 2. The largest absolute Gasteiger partial charge is 0.491 e. The van der Waals surface area contributed by atoms with Crippen LogP contribution in [0.1, 0.15) is 48.8 Å². The van der Waals surface area contributed by atoms with E-state index >= 15 is 0 Å². The number of carbonyl (C=O) groups is 2. The molecule has 33 heavy (non-hydrogen) atoms. The summed E-state index contributed by atoms with van der Waals surface area (Å²) in [6, 6.07) is 17.0. The molecule has 6 nitrogen and oxygen atoms in total. The Morgan fingerprint density at radius 1 is 1.06 bits per heavy atom. The van der Waals surface area contributed by atoms with Crippen LogP contribution in [0.25, 0.3) is 0 Å². The Hall–Kier alpha value is -2.86. The van der Waals surface area contributed by atoms with Gasteiger partial charge in [0.05, 0.1) is 13.1 Å². The van der Waals surface area contributed by atoms with Crippen molar-refractivity contribution in [3.63, 3.8) is 0 Å². The van der Waals surface area contributed by atoms with Crippen molar-refractivity contribution in [3.05, 3.63) is 65.2 Å². The normalized spacial score (nSPS) is 18.5. The van der Waals surface area contributed by atoms with Crippen molar-refractivity contribution in [3.8, 4) is 5.75 Å². The fraction of sp³-hybridized carbons (Fsp3) is 0.481. The van der Waals surface area contributed by atoms with E-state index in [9.17, 15) is 9.59 Å². The van der Waals surface area contributed by atoms with Gasteiger partial charge in [0, 0.05) is 25.6 Å². The molecule has 178 valence electrons. The maximum absolute atomic E-state index is 12.8. The van der Waals surface area contributed by atoms with Crippen molar-refractivity contribution in [1.82, 2.24) is 15.1 Å². The maximum Gasteiger partial charge on any atom is 0.242 e. The van der Waals surface area contributed by atoms with Gasteiger partial charge in [0.2, 0.25) is 11.8 Å². The summed E-state index contributed by atoms with van der Waals surface area (Å²) in [4.78, 5) is 28.3. The van der Waals surface area contributed by atoms with Crippen LogP contribution in [-0.2, 0) is 16.1 Å². The van der Waals surface area contributed by atoms with Gasteiger partial charge in [0.1, 0.15) is 12.4 Å². The van der Waals surface area contributed by atoms with Crippen LogP contribution in [-0.4, -0.2) is 61.4 Å². The molecule has 1 unspecified atom stereocenters. The van der Waals surface area contributed by atoms with E-state index < -0.39 is 0 Å². The van der Waals surface area contributed by atoms with Gasteiger partial charge < -0.3 is 19.9 Å². The van der Waals surface area contributed by atoms with Crippen LogP contribution in [0.3, 0.4) is 0 Å². The quantitative estimate of drug-likeness (QED) is 0.772. The SMILES string of the molecule is CC(=O)NCC(=O)N1CCCC(c2ccccc2)CCN(C)Cc2cc(C)ccc2OCC1. The van der Waals surface area contributed by atoms with E-state index in [4.69, 9.17) is 4.74 Å². The van der Waals surface area contributed by atoms with Gasteiger partial charge in [-0.3, -0.25) is 9.59 Å². The molecule has 0 saturated carbocycles. The van der Waals surface area contributed by atoms with Gasteiger partial charge in [0.15, 0.2) is 0 Å². The molecule has 1 heterocycles.